The summed E-state index contributed by atoms with van der Waals surface area (Å²) in [6.45, 7) is 4.73. The minimum absolute atomic E-state index is 0.0500. The molecule has 0 aliphatic rings. The van der Waals surface area contributed by atoms with Gasteiger partial charge in [-0.15, -0.1) is 0 Å². The zero-order valence-corrected chi connectivity index (χ0v) is 42.1. The average Bonchev–Trinajstić information content (AvgIpc) is 3.23. The Bertz CT molecular complexity index is 982. The number of ether oxygens (including phenoxy) is 3. The molecule has 62 heavy (non-hydrogen) atoms. The molecule has 0 heterocycles. The largest absolute Gasteiger partial charge is 0.544 e. The molecule has 0 amide bonds. The Balaban J connectivity index is 4.16. The number of likely N-dealkylation sites (N-methyl/N-ethyl adjacent to an activating group) is 1. The molecule has 0 saturated heterocycles. The van der Waals surface area contributed by atoms with E-state index in [1.165, 1.54) is 205 Å². The van der Waals surface area contributed by atoms with Crippen LogP contribution < -0.4 is 5.11 Å². The molecule has 0 aromatic heterocycles. The number of hydrogen-bond acceptors (Lipinski definition) is 7. The van der Waals surface area contributed by atoms with Gasteiger partial charge in [-0.2, -0.15) is 0 Å². The monoisotopic (exact) mass is 880 g/mol. The number of quaternary nitrogens is 1. The number of esters is 2. The standard InChI is InChI=1S/C54H105NO7/c1-6-8-10-12-14-16-18-20-22-24-26-28-30-32-34-36-38-40-42-44-52(56)61-49-50(48-60-47-46-51(54(58)59)55(3,4)5)62-53(57)45-43-41-39-37-35-33-31-29-27-25-23-21-19-17-15-13-11-9-7-2/h50-51H,6-49H2,1-5H3. The van der Waals surface area contributed by atoms with E-state index in [-0.39, 0.29) is 42.7 Å². The Labute approximate surface area is 385 Å². The summed E-state index contributed by atoms with van der Waals surface area (Å²) < 4.78 is 17.3. The number of carboxylic acid groups (broad SMARTS) is 1. The van der Waals surface area contributed by atoms with Gasteiger partial charge in [0.2, 0.25) is 0 Å². The molecule has 2 atom stereocenters. The first kappa shape index (κ1) is 60.3. The highest BCUT2D eigenvalue weighted by molar-refractivity contribution is 5.70. The van der Waals surface area contributed by atoms with Crippen LogP contribution in [0.5, 0.6) is 0 Å². The molecular weight excluding hydrogens is 775 g/mol. The van der Waals surface area contributed by atoms with Crippen LogP contribution in [0.2, 0.25) is 0 Å². The Kier molecular flexibility index (Phi) is 44.6. The van der Waals surface area contributed by atoms with Crippen LogP contribution in [-0.2, 0) is 28.6 Å². The van der Waals surface area contributed by atoms with E-state index in [0.717, 1.165) is 38.5 Å². The van der Waals surface area contributed by atoms with Gasteiger partial charge in [-0.1, -0.05) is 245 Å². The smallest absolute Gasteiger partial charge is 0.306 e. The van der Waals surface area contributed by atoms with Crippen LogP contribution in [0.15, 0.2) is 0 Å². The molecule has 0 aromatic rings. The van der Waals surface area contributed by atoms with Crippen molar-refractivity contribution in [3.05, 3.63) is 0 Å². The van der Waals surface area contributed by atoms with Gasteiger partial charge >= 0.3 is 11.9 Å². The number of rotatable bonds is 50. The molecule has 0 radical (unpaired) electrons. The number of nitrogens with zero attached hydrogens (tertiary/aromatic N) is 1. The van der Waals surface area contributed by atoms with Crippen LogP contribution in [0.25, 0.3) is 0 Å². The minimum atomic E-state index is -1.12. The molecule has 8 nitrogen and oxygen atoms in total. The highest BCUT2D eigenvalue weighted by Crippen LogP contribution is 2.17. The van der Waals surface area contributed by atoms with Gasteiger partial charge in [-0.3, -0.25) is 9.59 Å². The summed E-state index contributed by atoms with van der Waals surface area (Å²) in [7, 11) is 5.43. The van der Waals surface area contributed by atoms with Gasteiger partial charge < -0.3 is 28.6 Å². The van der Waals surface area contributed by atoms with Crippen LogP contribution in [0.4, 0.5) is 0 Å². The number of carbonyl (C=O) groups excluding carboxylic acids is 3. The van der Waals surface area contributed by atoms with Crippen molar-refractivity contribution in [3.8, 4) is 0 Å². The fraction of sp³-hybridized carbons (Fsp3) is 0.944. The highest BCUT2D eigenvalue weighted by Gasteiger charge is 2.25. The molecule has 368 valence electrons. The van der Waals surface area contributed by atoms with Crippen LogP contribution in [0, 0.1) is 0 Å². The fourth-order valence-electron chi connectivity index (χ4n) is 8.55. The second-order valence-electron chi connectivity index (χ2n) is 19.8. The molecular formula is C54H105NO7. The maximum Gasteiger partial charge on any atom is 0.306 e. The summed E-state index contributed by atoms with van der Waals surface area (Å²) in [4.78, 5) is 37.1. The molecule has 0 fully saturated rings. The average molecular weight is 880 g/mol. The number of carboxylic acids is 1. The van der Waals surface area contributed by atoms with E-state index in [1.807, 2.05) is 21.1 Å². The molecule has 0 bridgehead atoms. The summed E-state index contributed by atoms with van der Waals surface area (Å²) in [5.41, 5.74) is 0. The first-order chi connectivity index (χ1) is 30.1. The summed E-state index contributed by atoms with van der Waals surface area (Å²) in [6, 6.07) is -0.720. The Morgan fingerprint density at radius 2 is 0.710 bits per heavy atom. The van der Waals surface area contributed by atoms with E-state index in [1.54, 1.807) is 0 Å². The third-order valence-electron chi connectivity index (χ3n) is 12.7. The molecule has 0 aliphatic carbocycles. The molecule has 0 spiro atoms. The van der Waals surface area contributed by atoms with Crippen LogP contribution in [-0.4, -0.2) is 75.5 Å². The van der Waals surface area contributed by atoms with Crippen LogP contribution in [0.1, 0.15) is 277 Å². The van der Waals surface area contributed by atoms with Crippen molar-refractivity contribution in [3.63, 3.8) is 0 Å². The second kappa shape index (κ2) is 45.9. The number of aliphatic carboxylic acids is 1. The molecule has 0 aliphatic heterocycles. The van der Waals surface area contributed by atoms with Crippen LogP contribution in [0.3, 0.4) is 0 Å². The molecule has 8 heteroatoms. The summed E-state index contributed by atoms with van der Waals surface area (Å²) in [5, 5.41) is 11.7. The lowest BCUT2D eigenvalue weighted by Gasteiger charge is -2.34. The molecule has 0 N–H and O–H groups in total. The maximum absolute atomic E-state index is 12.8. The minimum Gasteiger partial charge on any atom is -0.544 e. The zero-order valence-electron chi connectivity index (χ0n) is 42.1. The molecule has 0 rings (SSSR count). The first-order valence-electron chi connectivity index (χ1n) is 27.1. The van der Waals surface area contributed by atoms with Crippen molar-refractivity contribution in [2.24, 2.45) is 0 Å². The van der Waals surface area contributed by atoms with Gasteiger partial charge in [0.15, 0.2) is 6.10 Å². The van der Waals surface area contributed by atoms with E-state index in [9.17, 15) is 19.5 Å². The van der Waals surface area contributed by atoms with Crippen molar-refractivity contribution in [2.75, 3.05) is 41.0 Å². The van der Waals surface area contributed by atoms with Gasteiger partial charge in [0.05, 0.1) is 40.3 Å². The third kappa shape index (κ3) is 43.6. The quantitative estimate of drug-likeness (QED) is 0.0341. The molecule has 0 saturated carbocycles. The lowest BCUT2D eigenvalue weighted by atomic mass is 10.0. The maximum atomic E-state index is 12.8. The lowest BCUT2D eigenvalue weighted by molar-refractivity contribution is -0.889. The van der Waals surface area contributed by atoms with E-state index >= 15 is 0 Å². The van der Waals surface area contributed by atoms with E-state index in [0.29, 0.717) is 12.8 Å². The van der Waals surface area contributed by atoms with Gasteiger partial charge in [0.1, 0.15) is 12.6 Å². The van der Waals surface area contributed by atoms with Crippen molar-refractivity contribution in [1.82, 2.24) is 0 Å². The fourth-order valence-corrected chi connectivity index (χ4v) is 8.55. The SMILES string of the molecule is CCCCCCCCCCCCCCCCCCCCCC(=O)OCC(COCCC(C(=O)[O-])[N+](C)(C)C)OC(=O)CCCCCCCCCCCCCCCCCCCCC. The zero-order chi connectivity index (χ0) is 45.6. The highest BCUT2D eigenvalue weighted by atomic mass is 16.6. The van der Waals surface area contributed by atoms with Gasteiger partial charge in [0.25, 0.3) is 0 Å². The second-order valence-corrected chi connectivity index (χ2v) is 19.8. The Morgan fingerprint density at radius 3 is 1.00 bits per heavy atom. The van der Waals surface area contributed by atoms with Gasteiger partial charge in [-0.25, -0.2) is 0 Å². The van der Waals surface area contributed by atoms with Crippen molar-refractivity contribution < 1.29 is 38.2 Å². The Morgan fingerprint density at radius 1 is 0.419 bits per heavy atom. The summed E-state index contributed by atoms with van der Waals surface area (Å²) in [5.74, 6) is -1.70. The van der Waals surface area contributed by atoms with E-state index < -0.39 is 18.1 Å². The number of unbranched alkanes of at least 4 members (excludes halogenated alkanes) is 36. The van der Waals surface area contributed by atoms with Gasteiger partial charge in [0, 0.05) is 19.3 Å². The van der Waals surface area contributed by atoms with Crippen LogP contribution >= 0.6 is 0 Å². The van der Waals surface area contributed by atoms with E-state index in [2.05, 4.69) is 13.8 Å². The van der Waals surface area contributed by atoms with Crippen molar-refractivity contribution >= 4 is 17.9 Å². The normalized spacial score (nSPS) is 12.7. The molecule has 0 aromatic carbocycles. The number of carbonyl (C=O) groups is 3. The lowest BCUT2D eigenvalue weighted by Crippen LogP contribution is -2.55. The van der Waals surface area contributed by atoms with E-state index in [4.69, 9.17) is 14.2 Å². The predicted molar refractivity (Wildman–Crippen MR) is 259 cm³/mol. The Hall–Kier alpha value is -1.67. The predicted octanol–water partition coefficient (Wildman–Crippen LogP) is 14.3. The summed E-state index contributed by atoms with van der Waals surface area (Å²) >= 11 is 0. The number of hydrogen-bond donors (Lipinski definition) is 0. The first-order valence-corrected chi connectivity index (χ1v) is 27.1. The third-order valence-corrected chi connectivity index (χ3v) is 12.7. The van der Waals surface area contributed by atoms with Gasteiger partial charge in [-0.05, 0) is 12.8 Å². The summed E-state index contributed by atoms with van der Waals surface area (Å²) in [6.07, 6.45) is 49.9. The van der Waals surface area contributed by atoms with Crippen molar-refractivity contribution in [2.45, 2.75) is 289 Å². The molecule has 2 unspecified atom stereocenters. The van der Waals surface area contributed by atoms with Crippen molar-refractivity contribution in [1.29, 1.82) is 0 Å². The topological polar surface area (TPSA) is 102 Å².